The van der Waals surface area contributed by atoms with Crippen LogP contribution in [0.15, 0.2) is 29.3 Å². The van der Waals surface area contributed by atoms with Gasteiger partial charge in [0, 0.05) is 12.8 Å². The maximum atomic E-state index is 12.1. The molecule has 3 N–H and O–H groups in total. The van der Waals surface area contributed by atoms with Crippen LogP contribution in [0.1, 0.15) is 89.5 Å². The van der Waals surface area contributed by atoms with Crippen molar-refractivity contribution in [2.45, 2.75) is 90.0 Å². The fourth-order valence-corrected chi connectivity index (χ4v) is 3.23. The summed E-state index contributed by atoms with van der Waals surface area (Å²) in [5.74, 6) is -0.0633. The highest BCUT2D eigenvalue weighted by atomic mass is 16.3. The third kappa shape index (κ3) is 13.1. The number of hydrogen-bond acceptors (Lipinski definition) is 4. The van der Waals surface area contributed by atoms with Crippen molar-refractivity contribution in [2.75, 3.05) is 13.2 Å². The van der Waals surface area contributed by atoms with E-state index < -0.39 is 6.04 Å². The molecule has 1 unspecified atom stereocenters. The van der Waals surface area contributed by atoms with Gasteiger partial charge in [-0.25, -0.2) is 0 Å². The van der Waals surface area contributed by atoms with Crippen molar-refractivity contribution >= 4 is 12.1 Å². The van der Waals surface area contributed by atoms with Gasteiger partial charge < -0.3 is 15.5 Å². The molecule has 0 aromatic heterocycles. The Kier molecular flexibility index (Phi) is 14.8. The van der Waals surface area contributed by atoms with E-state index in [2.05, 4.69) is 17.2 Å². The average Bonchev–Trinajstić information content (AvgIpc) is 2.73. The van der Waals surface area contributed by atoms with Gasteiger partial charge in [-0.1, -0.05) is 77.6 Å². The largest absolute Gasteiger partial charge is 0.508 e. The lowest BCUT2D eigenvalue weighted by Crippen LogP contribution is -2.36. The van der Waals surface area contributed by atoms with Crippen LogP contribution >= 0.6 is 0 Å². The molecule has 5 nitrogen and oxygen atoms in total. The Bertz CT molecular complexity index is 558. The van der Waals surface area contributed by atoms with Gasteiger partial charge in [0.2, 0.25) is 5.91 Å². The first-order valence-corrected chi connectivity index (χ1v) is 11.4. The Balaban J connectivity index is 2.04. The predicted octanol–water partition coefficient (Wildman–Crippen LogP) is 4.99. The summed E-state index contributed by atoms with van der Waals surface area (Å²) in [4.78, 5) is 16.3. The molecule has 164 valence electrons. The van der Waals surface area contributed by atoms with Crippen molar-refractivity contribution < 1.29 is 15.0 Å². The van der Waals surface area contributed by atoms with E-state index in [0.29, 0.717) is 6.54 Å². The van der Waals surface area contributed by atoms with Crippen LogP contribution in [0.2, 0.25) is 0 Å². The Morgan fingerprint density at radius 2 is 1.45 bits per heavy atom. The second-order valence-electron chi connectivity index (χ2n) is 7.75. The van der Waals surface area contributed by atoms with E-state index in [1.807, 2.05) is 0 Å². The van der Waals surface area contributed by atoms with Crippen molar-refractivity contribution in [2.24, 2.45) is 4.99 Å². The first-order valence-electron chi connectivity index (χ1n) is 11.4. The van der Waals surface area contributed by atoms with Crippen LogP contribution in [0.3, 0.4) is 0 Å². The molecule has 0 saturated heterocycles. The van der Waals surface area contributed by atoms with E-state index in [1.54, 1.807) is 30.5 Å². The molecular formula is C24H40N2O3. The molecule has 1 aromatic rings. The van der Waals surface area contributed by atoms with Crippen molar-refractivity contribution in [1.29, 1.82) is 0 Å². The monoisotopic (exact) mass is 404 g/mol. The molecule has 0 aliphatic carbocycles. The number of rotatable bonds is 17. The molecule has 1 rings (SSSR count). The van der Waals surface area contributed by atoms with Crippen molar-refractivity contribution in [3.63, 3.8) is 0 Å². The number of aromatic hydroxyl groups is 1. The first-order chi connectivity index (χ1) is 14.2. The molecule has 0 aliphatic rings. The summed E-state index contributed by atoms with van der Waals surface area (Å²) < 4.78 is 0. The van der Waals surface area contributed by atoms with Gasteiger partial charge >= 0.3 is 0 Å². The van der Waals surface area contributed by atoms with E-state index in [4.69, 9.17) is 0 Å². The van der Waals surface area contributed by atoms with E-state index in [1.165, 1.54) is 64.2 Å². The van der Waals surface area contributed by atoms with Gasteiger partial charge in [-0.15, -0.1) is 0 Å². The quantitative estimate of drug-likeness (QED) is 0.253. The topological polar surface area (TPSA) is 81.9 Å². The van der Waals surface area contributed by atoms with Crippen LogP contribution in [-0.4, -0.2) is 41.5 Å². The Labute approximate surface area is 176 Å². The molecular weight excluding hydrogens is 364 g/mol. The minimum Gasteiger partial charge on any atom is -0.508 e. The Morgan fingerprint density at radius 1 is 0.931 bits per heavy atom. The van der Waals surface area contributed by atoms with Crippen LogP contribution in [-0.2, 0) is 4.79 Å². The van der Waals surface area contributed by atoms with Gasteiger partial charge in [-0.2, -0.15) is 0 Å². The Morgan fingerprint density at radius 3 is 1.97 bits per heavy atom. The van der Waals surface area contributed by atoms with E-state index in [-0.39, 0.29) is 18.3 Å². The second kappa shape index (κ2) is 17.0. The van der Waals surface area contributed by atoms with Crippen molar-refractivity contribution in [1.82, 2.24) is 5.32 Å². The van der Waals surface area contributed by atoms with Gasteiger partial charge in [0.25, 0.3) is 0 Å². The number of aliphatic imine (C=N–C) groups is 1. The van der Waals surface area contributed by atoms with Gasteiger partial charge in [0.05, 0.1) is 6.61 Å². The molecule has 0 spiro atoms. The highest BCUT2D eigenvalue weighted by Crippen LogP contribution is 2.12. The molecule has 5 heteroatoms. The van der Waals surface area contributed by atoms with Gasteiger partial charge in [0.1, 0.15) is 5.75 Å². The zero-order valence-electron chi connectivity index (χ0n) is 18.1. The minimum atomic E-state index is -0.791. The molecule has 0 aliphatic heterocycles. The molecule has 0 saturated carbocycles. The zero-order chi connectivity index (χ0) is 21.2. The van der Waals surface area contributed by atoms with Gasteiger partial charge in [-0.3, -0.25) is 9.79 Å². The number of nitrogens with zero attached hydrogens (tertiary/aromatic N) is 1. The summed E-state index contributed by atoms with van der Waals surface area (Å²) >= 11 is 0. The first kappa shape index (κ1) is 25.2. The smallest absolute Gasteiger partial charge is 0.247 e. The number of phenolic OH excluding ortho intramolecular Hbond substituents is 1. The zero-order valence-corrected chi connectivity index (χ0v) is 18.1. The Hall–Kier alpha value is -1.88. The third-order valence-corrected chi connectivity index (χ3v) is 5.10. The van der Waals surface area contributed by atoms with Crippen LogP contribution in [0.5, 0.6) is 5.75 Å². The lowest BCUT2D eigenvalue weighted by molar-refractivity contribution is -0.123. The summed E-state index contributed by atoms with van der Waals surface area (Å²) in [5, 5.41) is 21.5. The molecule has 0 fully saturated rings. The molecule has 1 atom stereocenters. The van der Waals surface area contributed by atoms with Gasteiger partial charge in [-0.05, 0) is 36.2 Å². The number of benzene rings is 1. The normalized spacial score (nSPS) is 12.3. The lowest BCUT2D eigenvalue weighted by atomic mass is 10.1. The standard InChI is InChI=1S/C24H40N2O3/c1-2-3-4-5-6-7-8-9-10-11-12-13-18-25-24(29)23(20-27)26-19-21-14-16-22(28)17-15-21/h14-17,19,23,27-28H,2-13,18,20H2,1H3,(H,25,29). The summed E-state index contributed by atoms with van der Waals surface area (Å²) in [6, 6.07) is 5.74. The second-order valence-corrected chi connectivity index (χ2v) is 7.75. The number of hydrogen-bond donors (Lipinski definition) is 3. The SMILES string of the molecule is CCCCCCCCCCCCCCNC(=O)C(CO)N=Cc1ccc(O)cc1. The molecule has 0 heterocycles. The average molecular weight is 405 g/mol. The molecule has 0 bridgehead atoms. The molecule has 1 amide bonds. The number of carbonyl (C=O) groups is 1. The molecule has 1 aromatic carbocycles. The fraction of sp³-hybridized carbons (Fsp3) is 0.667. The number of phenols is 1. The van der Waals surface area contributed by atoms with Crippen LogP contribution in [0, 0.1) is 0 Å². The summed E-state index contributed by atoms with van der Waals surface area (Å²) in [6.45, 7) is 2.56. The minimum absolute atomic E-state index is 0.181. The maximum absolute atomic E-state index is 12.1. The molecule has 29 heavy (non-hydrogen) atoms. The molecule has 0 radical (unpaired) electrons. The number of aliphatic hydroxyl groups excluding tert-OH is 1. The number of carbonyl (C=O) groups excluding carboxylic acids is 1. The summed E-state index contributed by atoms with van der Waals surface area (Å²) in [6.07, 6.45) is 17.0. The highest BCUT2D eigenvalue weighted by molar-refractivity contribution is 5.86. The third-order valence-electron chi connectivity index (χ3n) is 5.10. The van der Waals surface area contributed by atoms with Crippen molar-refractivity contribution in [3.05, 3.63) is 29.8 Å². The van der Waals surface area contributed by atoms with Crippen LogP contribution in [0.25, 0.3) is 0 Å². The van der Waals surface area contributed by atoms with Crippen LogP contribution < -0.4 is 5.32 Å². The number of aliphatic hydroxyl groups is 1. The van der Waals surface area contributed by atoms with E-state index in [0.717, 1.165) is 18.4 Å². The van der Waals surface area contributed by atoms with E-state index in [9.17, 15) is 15.0 Å². The van der Waals surface area contributed by atoms with Gasteiger partial charge in [0.15, 0.2) is 6.04 Å². The summed E-state index contributed by atoms with van der Waals surface area (Å²) in [5.41, 5.74) is 0.773. The fourth-order valence-electron chi connectivity index (χ4n) is 3.23. The van der Waals surface area contributed by atoms with Crippen molar-refractivity contribution in [3.8, 4) is 5.75 Å². The number of nitrogens with one attached hydrogen (secondary N) is 1. The predicted molar refractivity (Wildman–Crippen MR) is 121 cm³/mol. The highest BCUT2D eigenvalue weighted by Gasteiger charge is 2.14. The number of amides is 1. The lowest BCUT2D eigenvalue weighted by Gasteiger charge is -2.10. The maximum Gasteiger partial charge on any atom is 0.247 e. The summed E-state index contributed by atoms with van der Waals surface area (Å²) in [7, 11) is 0. The van der Waals surface area contributed by atoms with E-state index >= 15 is 0 Å². The number of unbranched alkanes of at least 4 members (excludes halogenated alkanes) is 11. The van der Waals surface area contributed by atoms with Crippen LogP contribution in [0.4, 0.5) is 0 Å².